The van der Waals surface area contributed by atoms with Crippen LogP contribution in [0.15, 0.2) is 0 Å². The third kappa shape index (κ3) is 4.18. The lowest BCUT2D eigenvalue weighted by atomic mass is 10.1. The molecule has 0 aromatic carbocycles. The van der Waals surface area contributed by atoms with E-state index in [1.54, 1.807) is 0 Å². The summed E-state index contributed by atoms with van der Waals surface area (Å²) in [6, 6.07) is 0.754. The second kappa shape index (κ2) is 7.65. The normalized spacial score (nSPS) is 16.3. The molecule has 0 aromatic heterocycles. The molecule has 0 spiro atoms. The van der Waals surface area contributed by atoms with Gasteiger partial charge in [-0.15, -0.1) is 0 Å². The van der Waals surface area contributed by atoms with Crippen molar-refractivity contribution in [3.05, 3.63) is 0 Å². The van der Waals surface area contributed by atoms with Crippen LogP contribution < -0.4 is 0 Å². The van der Waals surface area contributed by atoms with Crippen LogP contribution in [-0.4, -0.2) is 41.5 Å². The number of carbonyl (C=O) groups is 1. The minimum atomic E-state index is 0.257. The van der Waals surface area contributed by atoms with E-state index in [0.717, 1.165) is 26.1 Å². The van der Waals surface area contributed by atoms with E-state index in [0.29, 0.717) is 12.0 Å². The maximum absolute atomic E-state index is 12.6. The maximum atomic E-state index is 12.6. The van der Waals surface area contributed by atoms with Gasteiger partial charge in [-0.2, -0.15) is 0 Å². The Hall–Kier alpha value is -0.730. The van der Waals surface area contributed by atoms with Crippen LogP contribution in [0.3, 0.4) is 0 Å². The quantitative estimate of drug-likeness (QED) is 0.708. The summed E-state index contributed by atoms with van der Waals surface area (Å²) in [6.45, 7) is 11.2. The second-order valence-corrected chi connectivity index (χ2v) is 5.77. The first kappa shape index (κ1) is 15.3. The molecule has 0 aromatic rings. The zero-order valence-corrected chi connectivity index (χ0v) is 12.6. The average Bonchev–Trinajstić information content (AvgIpc) is 2.84. The van der Waals surface area contributed by atoms with Crippen LogP contribution in [-0.2, 0) is 0 Å². The molecule has 2 amide bonds. The van der Waals surface area contributed by atoms with Crippen LogP contribution in [0, 0.1) is 5.92 Å². The Morgan fingerprint density at radius 3 is 2.17 bits per heavy atom. The summed E-state index contributed by atoms with van der Waals surface area (Å²) >= 11 is 0. The number of amides is 2. The van der Waals surface area contributed by atoms with Crippen LogP contribution >= 0.6 is 0 Å². The number of hydrogen-bond acceptors (Lipinski definition) is 1. The fraction of sp³-hybridized carbons (Fsp3) is 0.933. The first-order chi connectivity index (χ1) is 8.60. The molecule has 0 N–H and O–H groups in total. The molecule has 18 heavy (non-hydrogen) atoms. The third-order valence-corrected chi connectivity index (χ3v) is 3.99. The van der Waals surface area contributed by atoms with Crippen LogP contribution in [0.5, 0.6) is 0 Å². The highest BCUT2D eigenvalue weighted by Crippen LogP contribution is 2.25. The van der Waals surface area contributed by atoms with Gasteiger partial charge in [0.15, 0.2) is 0 Å². The van der Waals surface area contributed by atoms with Gasteiger partial charge in [0.2, 0.25) is 0 Å². The van der Waals surface area contributed by atoms with Crippen molar-refractivity contribution in [2.75, 3.05) is 19.6 Å². The highest BCUT2D eigenvalue weighted by molar-refractivity contribution is 5.74. The van der Waals surface area contributed by atoms with Gasteiger partial charge in [-0.3, -0.25) is 0 Å². The van der Waals surface area contributed by atoms with Crippen molar-refractivity contribution in [1.29, 1.82) is 0 Å². The van der Waals surface area contributed by atoms with E-state index >= 15 is 0 Å². The van der Waals surface area contributed by atoms with Gasteiger partial charge in [0.25, 0.3) is 0 Å². The fourth-order valence-electron chi connectivity index (χ4n) is 2.72. The van der Waals surface area contributed by atoms with Crippen molar-refractivity contribution in [2.24, 2.45) is 5.92 Å². The molecule has 106 valence electrons. The van der Waals surface area contributed by atoms with E-state index in [1.165, 1.54) is 25.7 Å². The van der Waals surface area contributed by atoms with E-state index in [1.807, 2.05) is 4.90 Å². The van der Waals surface area contributed by atoms with Crippen molar-refractivity contribution in [3.63, 3.8) is 0 Å². The highest BCUT2D eigenvalue weighted by atomic mass is 16.2. The van der Waals surface area contributed by atoms with E-state index < -0.39 is 0 Å². The summed E-state index contributed by atoms with van der Waals surface area (Å²) in [5.41, 5.74) is 0. The number of hydrogen-bond donors (Lipinski definition) is 0. The Morgan fingerprint density at radius 2 is 1.72 bits per heavy atom. The average molecular weight is 254 g/mol. The van der Waals surface area contributed by atoms with Crippen LogP contribution in [0.2, 0.25) is 0 Å². The Kier molecular flexibility index (Phi) is 6.51. The minimum Gasteiger partial charge on any atom is -0.325 e. The summed E-state index contributed by atoms with van der Waals surface area (Å²) in [4.78, 5) is 16.7. The lowest BCUT2D eigenvalue weighted by molar-refractivity contribution is 0.134. The molecular weight excluding hydrogens is 224 g/mol. The Balaban J connectivity index is 2.65. The molecule has 0 bridgehead atoms. The predicted octanol–water partition coefficient (Wildman–Crippen LogP) is 3.74. The molecule has 1 aliphatic rings. The Morgan fingerprint density at radius 1 is 1.17 bits per heavy atom. The zero-order valence-electron chi connectivity index (χ0n) is 12.6. The van der Waals surface area contributed by atoms with Gasteiger partial charge in [-0.25, -0.2) is 4.79 Å². The van der Waals surface area contributed by atoms with Crippen molar-refractivity contribution in [2.45, 2.75) is 65.8 Å². The van der Waals surface area contributed by atoms with Crippen molar-refractivity contribution >= 4 is 6.03 Å². The van der Waals surface area contributed by atoms with Crippen LogP contribution in [0.4, 0.5) is 4.79 Å². The van der Waals surface area contributed by atoms with Gasteiger partial charge in [0.1, 0.15) is 0 Å². The Bertz CT molecular complexity index is 243. The molecular formula is C15H30N2O. The smallest absolute Gasteiger partial charge is 0.320 e. The van der Waals surface area contributed by atoms with Crippen molar-refractivity contribution in [3.8, 4) is 0 Å². The fourth-order valence-corrected chi connectivity index (χ4v) is 2.72. The molecule has 3 heteroatoms. The predicted molar refractivity (Wildman–Crippen MR) is 76.7 cm³/mol. The number of carbonyl (C=O) groups excluding carboxylic acids is 1. The van der Waals surface area contributed by atoms with Gasteiger partial charge in [-0.1, -0.05) is 26.7 Å². The topological polar surface area (TPSA) is 23.6 Å². The second-order valence-electron chi connectivity index (χ2n) is 5.77. The zero-order chi connectivity index (χ0) is 13.5. The highest BCUT2D eigenvalue weighted by Gasteiger charge is 2.28. The van der Waals surface area contributed by atoms with Crippen molar-refractivity contribution < 1.29 is 4.79 Å². The summed E-state index contributed by atoms with van der Waals surface area (Å²) < 4.78 is 0. The largest absolute Gasteiger partial charge is 0.325 e. The molecule has 1 fully saturated rings. The molecule has 0 atom stereocenters. The summed E-state index contributed by atoms with van der Waals surface area (Å²) in [6.07, 6.45) is 6.09. The van der Waals surface area contributed by atoms with Crippen LogP contribution in [0.25, 0.3) is 0 Å². The van der Waals surface area contributed by atoms with Gasteiger partial charge >= 0.3 is 6.03 Å². The van der Waals surface area contributed by atoms with Gasteiger partial charge in [0, 0.05) is 25.7 Å². The van der Waals surface area contributed by atoms with Gasteiger partial charge in [0.05, 0.1) is 0 Å². The third-order valence-electron chi connectivity index (χ3n) is 3.99. The minimum absolute atomic E-state index is 0.257. The van der Waals surface area contributed by atoms with Gasteiger partial charge < -0.3 is 9.80 Å². The first-order valence-corrected chi connectivity index (χ1v) is 7.65. The SMILES string of the molecule is CCN(CC)C(=O)N(CCC(C)C)C1CCCC1. The maximum Gasteiger partial charge on any atom is 0.320 e. The summed E-state index contributed by atoms with van der Waals surface area (Å²) in [5.74, 6) is 0.665. The van der Waals surface area contributed by atoms with E-state index in [9.17, 15) is 4.79 Å². The number of rotatable bonds is 6. The lowest BCUT2D eigenvalue weighted by Gasteiger charge is -2.34. The van der Waals surface area contributed by atoms with Gasteiger partial charge in [-0.05, 0) is 39.0 Å². The summed E-state index contributed by atoms with van der Waals surface area (Å²) in [5, 5.41) is 0. The molecule has 0 heterocycles. The molecule has 0 aliphatic heterocycles. The molecule has 0 unspecified atom stereocenters. The van der Waals surface area contributed by atoms with E-state index in [-0.39, 0.29) is 6.03 Å². The molecule has 3 nitrogen and oxygen atoms in total. The number of urea groups is 1. The lowest BCUT2D eigenvalue weighted by Crippen LogP contribution is -2.48. The monoisotopic (exact) mass is 254 g/mol. The standard InChI is InChI=1S/C15H30N2O/c1-5-16(6-2)15(18)17(12-11-13(3)4)14-9-7-8-10-14/h13-14H,5-12H2,1-4H3. The Labute approximate surface area is 113 Å². The number of nitrogens with zero attached hydrogens (tertiary/aromatic N) is 2. The molecule has 1 aliphatic carbocycles. The molecule has 0 saturated heterocycles. The van der Waals surface area contributed by atoms with E-state index in [2.05, 4.69) is 32.6 Å². The first-order valence-electron chi connectivity index (χ1n) is 7.65. The van der Waals surface area contributed by atoms with E-state index in [4.69, 9.17) is 0 Å². The summed E-state index contributed by atoms with van der Waals surface area (Å²) in [7, 11) is 0. The molecule has 0 radical (unpaired) electrons. The molecule has 1 rings (SSSR count). The molecule has 1 saturated carbocycles. The van der Waals surface area contributed by atoms with Crippen LogP contribution in [0.1, 0.15) is 59.8 Å². The van der Waals surface area contributed by atoms with Crippen molar-refractivity contribution in [1.82, 2.24) is 9.80 Å².